The molecule has 0 bridgehead atoms. The molecular formula is C15H15ClN2O3S. The molecule has 116 valence electrons. The molecule has 0 spiro atoms. The molecule has 22 heavy (non-hydrogen) atoms. The minimum absolute atomic E-state index is 0.260. The number of carbonyl (C=O) groups excluding carboxylic acids is 1. The van der Waals surface area contributed by atoms with Crippen LogP contribution in [-0.4, -0.2) is 22.5 Å². The lowest BCUT2D eigenvalue weighted by atomic mass is 10.2. The molecule has 0 atom stereocenters. The maximum absolute atomic E-state index is 12.0. The van der Waals surface area contributed by atoms with Crippen LogP contribution in [0.5, 0.6) is 0 Å². The number of carbonyl (C=O) groups is 1. The Morgan fingerprint density at radius 2 is 2.23 bits per heavy atom. The van der Waals surface area contributed by atoms with E-state index < -0.39 is 11.7 Å². The van der Waals surface area contributed by atoms with Gasteiger partial charge in [0.15, 0.2) is 0 Å². The largest absolute Gasteiger partial charge is 0.462 e. The van der Waals surface area contributed by atoms with Crippen LogP contribution in [0.4, 0.5) is 0 Å². The van der Waals surface area contributed by atoms with Crippen LogP contribution in [0, 0.1) is 6.92 Å². The number of H-pyrrole nitrogens is 1. The number of rotatable bonds is 5. The first kappa shape index (κ1) is 16.6. The Morgan fingerprint density at radius 1 is 1.45 bits per heavy atom. The van der Waals surface area contributed by atoms with E-state index in [0.29, 0.717) is 27.1 Å². The Labute approximate surface area is 137 Å². The van der Waals surface area contributed by atoms with Crippen molar-refractivity contribution in [3.05, 3.63) is 56.6 Å². The van der Waals surface area contributed by atoms with Crippen LogP contribution in [-0.2, 0) is 10.5 Å². The van der Waals surface area contributed by atoms with Gasteiger partial charge in [0, 0.05) is 16.5 Å². The topological polar surface area (TPSA) is 72.0 Å². The van der Waals surface area contributed by atoms with Gasteiger partial charge in [-0.05, 0) is 31.5 Å². The summed E-state index contributed by atoms with van der Waals surface area (Å²) in [6.07, 6.45) is 0. The molecule has 1 aromatic heterocycles. The molecule has 0 aliphatic carbocycles. The summed E-state index contributed by atoms with van der Waals surface area (Å²) >= 11 is 7.25. The van der Waals surface area contributed by atoms with Crippen LogP contribution < -0.4 is 5.69 Å². The molecule has 1 N–H and O–H groups in total. The normalized spacial score (nSPS) is 10.5. The lowest BCUT2D eigenvalue weighted by Gasteiger charge is -2.10. The zero-order valence-corrected chi connectivity index (χ0v) is 13.8. The molecule has 5 nitrogen and oxygen atoms in total. The minimum atomic E-state index is -0.489. The van der Waals surface area contributed by atoms with Crippen LogP contribution in [0.3, 0.4) is 0 Å². The van der Waals surface area contributed by atoms with E-state index in [0.717, 1.165) is 5.56 Å². The van der Waals surface area contributed by atoms with Gasteiger partial charge in [-0.15, -0.1) is 11.8 Å². The standard InChI is InChI=1S/C15H15ClN2O3S/c1-3-21-14(19)12-9(2)17-15(20)18-13(12)22-8-10-5-4-6-11(16)7-10/h4-7H,3,8H2,1-2H3,(H,17,18,20). The average molecular weight is 339 g/mol. The number of ether oxygens (including phenoxy) is 1. The van der Waals surface area contributed by atoms with Gasteiger partial charge in [-0.25, -0.2) is 9.59 Å². The first-order valence-corrected chi connectivity index (χ1v) is 8.03. The van der Waals surface area contributed by atoms with Gasteiger partial charge in [-0.3, -0.25) is 0 Å². The number of halogens is 1. The Morgan fingerprint density at radius 3 is 2.91 bits per heavy atom. The zero-order chi connectivity index (χ0) is 16.1. The number of esters is 1. The van der Waals surface area contributed by atoms with Gasteiger partial charge in [-0.2, -0.15) is 4.98 Å². The van der Waals surface area contributed by atoms with E-state index in [1.165, 1.54) is 11.8 Å². The molecule has 1 aromatic carbocycles. The second kappa shape index (κ2) is 7.47. The summed E-state index contributed by atoms with van der Waals surface area (Å²) < 4.78 is 5.03. The number of nitrogens with one attached hydrogen (secondary N) is 1. The van der Waals surface area contributed by atoms with Crippen LogP contribution in [0.15, 0.2) is 34.1 Å². The highest BCUT2D eigenvalue weighted by molar-refractivity contribution is 7.98. The first-order chi connectivity index (χ1) is 10.5. The molecule has 0 unspecified atom stereocenters. The molecule has 0 saturated heterocycles. The second-order valence-corrected chi connectivity index (χ2v) is 5.89. The third-order valence-electron chi connectivity index (χ3n) is 2.83. The maximum atomic E-state index is 12.0. The summed E-state index contributed by atoms with van der Waals surface area (Å²) in [5.74, 6) is 0.0559. The summed E-state index contributed by atoms with van der Waals surface area (Å²) in [5, 5.41) is 0.999. The van der Waals surface area contributed by atoms with E-state index in [2.05, 4.69) is 9.97 Å². The van der Waals surface area contributed by atoms with Crippen molar-refractivity contribution >= 4 is 29.3 Å². The van der Waals surface area contributed by atoms with Gasteiger partial charge in [0.05, 0.1) is 6.61 Å². The Hall–Kier alpha value is -1.79. The number of nitrogens with zero attached hydrogens (tertiary/aromatic N) is 1. The van der Waals surface area contributed by atoms with Crippen LogP contribution in [0.2, 0.25) is 5.02 Å². The van der Waals surface area contributed by atoms with Crippen molar-refractivity contribution in [2.75, 3.05) is 6.61 Å². The Kier molecular flexibility index (Phi) is 5.63. The predicted molar refractivity (Wildman–Crippen MR) is 86.6 cm³/mol. The van der Waals surface area contributed by atoms with E-state index in [4.69, 9.17) is 16.3 Å². The summed E-state index contributed by atoms with van der Waals surface area (Å²) in [7, 11) is 0. The van der Waals surface area contributed by atoms with Crippen molar-refractivity contribution in [1.29, 1.82) is 0 Å². The van der Waals surface area contributed by atoms with E-state index >= 15 is 0 Å². The molecule has 0 amide bonds. The molecule has 0 radical (unpaired) electrons. The highest BCUT2D eigenvalue weighted by Crippen LogP contribution is 2.26. The third kappa shape index (κ3) is 4.11. The molecule has 2 rings (SSSR count). The van der Waals surface area contributed by atoms with E-state index in [-0.39, 0.29) is 6.61 Å². The first-order valence-electron chi connectivity index (χ1n) is 6.66. The smallest absolute Gasteiger partial charge is 0.346 e. The number of aryl methyl sites for hydroxylation is 1. The molecule has 2 aromatic rings. The number of benzene rings is 1. The van der Waals surface area contributed by atoms with Gasteiger partial charge in [0.2, 0.25) is 0 Å². The van der Waals surface area contributed by atoms with Crippen LogP contribution in [0.25, 0.3) is 0 Å². The fraction of sp³-hybridized carbons (Fsp3) is 0.267. The van der Waals surface area contributed by atoms with Crippen molar-refractivity contribution in [3.63, 3.8) is 0 Å². The molecule has 0 aliphatic rings. The number of hydrogen-bond acceptors (Lipinski definition) is 5. The van der Waals surface area contributed by atoms with Crippen molar-refractivity contribution in [3.8, 4) is 0 Å². The molecule has 7 heteroatoms. The molecule has 1 heterocycles. The molecule has 0 saturated carbocycles. The minimum Gasteiger partial charge on any atom is -0.462 e. The second-order valence-electron chi connectivity index (χ2n) is 4.49. The van der Waals surface area contributed by atoms with E-state index in [9.17, 15) is 9.59 Å². The lowest BCUT2D eigenvalue weighted by molar-refractivity contribution is 0.0519. The Bertz CT molecular complexity index is 746. The maximum Gasteiger partial charge on any atom is 0.346 e. The van der Waals surface area contributed by atoms with E-state index in [1.54, 1.807) is 19.9 Å². The van der Waals surface area contributed by atoms with Crippen molar-refractivity contribution in [2.45, 2.75) is 24.6 Å². The average Bonchev–Trinajstić information content (AvgIpc) is 2.44. The fourth-order valence-electron chi connectivity index (χ4n) is 1.89. The monoisotopic (exact) mass is 338 g/mol. The van der Waals surface area contributed by atoms with Gasteiger partial charge in [0.1, 0.15) is 10.6 Å². The van der Waals surface area contributed by atoms with Crippen molar-refractivity contribution in [2.24, 2.45) is 0 Å². The van der Waals surface area contributed by atoms with E-state index in [1.807, 2.05) is 18.2 Å². The summed E-state index contributed by atoms with van der Waals surface area (Å²) in [6, 6.07) is 7.39. The SMILES string of the molecule is CCOC(=O)c1c(SCc2cccc(Cl)c2)nc(=O)[nH]c1C. The van der Waals surface area contributed by atoms with Crippen molar-refractivity contribution < 1.29 is 9.53 Å². The van der Waals surface area contributed by atoms with Crippen molar-refractivity contribution in [1.82, 2.24) is 9.97 Å². The highest BCUT2D eigenvalue weighted by atomic mass is 35.5. The highest BCUT2D eigenvalue weighted by Gasteiger charge is 2.19. The molecule has 0 fully saturated rings. The van der Waals surface area contributed by atoms with Gasteiger partial charge >= 0.3 is 11.7 Å². The fourth-order valence-corrected chi connectivity index (χ4v) is 3.11. The summed E-state index contributed by atoms with van der Waals surface area (Å²) in [4.78, 5) is 30.0. The quantitative estimate of drug-likeness (QED) is 0.515. The summed E-state index contributed by atoms with van der Waals surface area (Å²) in [6.45, 7) is 3.64. The number of aromatic nitrogens is 2. The molecular weight excluding hydrogens is 324 g/mol. The predicted octanol–water partition coefficient (Wildman–Crippen LogP) is 3.20. The summed E-state index contributed by atoms with van der Waals surface area (Å²) in [5.41, 5.74) is 1.24. The van der Waals surface area contributed by atoms with Gasteiger partial charge in [0.25, 0.3) is 0 Å². The molecule has 0 aliphatic heterocycles. The Balaban J connectivity index is 2.29. The van der Waals surface area contributed by atoms with Crippen LogP contribution in [0.1, 0.15) is 28.5 Å². The van der Waals surface area contributed by atoms with Gasteiger partial charge < -0.3 is 9.72 Å². The lowest BCUT2D eigenvalue weighted by Crippen LogP contribution is -2.19. The zero-order valence-electron chi connectivity index (χ0n) is 12.2. The number of aromatic amines is 1. The number of hydrogen-bond donors (Lipinski definition) is 1. The third-order valence-corrected chi connectivity index (χ3v) is 4.11. The van der Waals surface area contributed by atoms with Crippen LogP contribution >= 0.6 is 23.4 Å². The number of thioether (sulfide) groups is 1. The van der Waals surface area contributed by atoms with Gasteiger partial charge in [-0.1, -0.05) is 23.7 Å².